The van der Waals surface area contributed by atoms with Gasteiger partial charge in [0, 0.05) is 24.8 Å². The molecule has 2 aromatic rings. The minimum absolute atomic E-state index is 0.0632. The molecule has 0 spiro atoms. The second kappa shape index (κ2) is 9.87. The molecule has 174 valence electrons. The van der Waals surface area contributed by atoms with Crippen molar-refractivity contribution in [2.24, 2.45) is 5.92 Å². The van der Waals surface area contributed by atoms with E-state index in [0.717, 1.165) is 22.3 Å². The number of carbonyl (C=O) groups excluding carboxylic acids is 2. The van der Waals surface area contributed by atoms with Crippen LogP contribution in [0.25, 0.3) is 11.1 Å². The van der Waals surface area contributed by atoms with Crippen molar-refractivity contribution < 1.29 is 24.2 Å². The average molecular weight is 469 g/mol. The van der Waals surface area contributed by atoms with Crippen LogP contribution in [-0.4, -0.2) is 64.7 Å². The van der Waals surface area contributed by atoms with Gasteiger partial charge in [0.1, 0.15) is 17.9 Å². The van der Waals surface area contributed by atoms with Crippen LogP contribution in [0.3, 0.4) is 0 Å². The molecule has 0 aromatic heterocycles. The minimum atomic E-state index is -0.928. The Kier molecular flexibility index (Phi) is 6.93. The number of thioether (sulfide) groups is 1. The Morgan fingerprint density at radius 3 is 2.27 bits per heavy atom. The van der Waals surface area contributed by atoms with Crippen LogP contribution in [0, 0.1) is 5.92 Å². The molecule has 2 amide bonds. The molecular formula is C25H28N2O5S. The third-order valence-electron chi connectivity index (χ3n) is 6.20. The lowest BCUT2D eigenvalue weighted by molar-refractivity contribution is -0.139. The van der Waals surface area contributed by atoms with E-state index in [0.29, 0.717) is 12.3 Å². The number of rotatable bonds is 6. The highest BCUT2D eigenvalue weighted by molar-refractivity contribution is 8.00. The number of alkyl carbamates (subject to hydrolysis) is 1. The molecule has 1 aliphatic heterocycles. The highest BCUT2D eigenvalue weighted by Crippen LogP contribution is 2.44. The molecule has 0 bridgehead atoms. The fraction of sp³-hybridized carbons (Fsp3) is 0.400. The van der Waals surface area contributed by atoms with Crippen molar-refractivity contribution in [1.29, 1.82) is 0 Å². The van der Waals surface area contributed by atoms with Crippen LogP contribution >= 0.6 is 11.8 Å². The summed E-state index contributed by atoms with van der Waals surface area (Å²) in [6.07, 6.45) is -0.648. The first-order chi connectivity index (χ1) is 15.9. The first kappa shape index (κ1) is 23.2. The molecule has 2 aliphatic rings. The Labute approximate surface area is 197 Å². The molecule has 4 rings (SSSR count). The van der Waals surface area contributed by atoms with Crippen molar-refractivity contribution in [2.45, 2.75) is 31.1 Å². The molecule has 1 unspecified atom stereocenters. The number of ether oxygens (including phenoxy) is 1. The van der Waals surface area contributed by atoms with E-state index < -0.39 is 23.4 Å². The Bertz CT molecular complexity index is 1010. The zero-order valence-electron chi connectivity index (χ0n) is 18.7. The van der Waals surface area contributed by atoms with Gasteiger partial charge < -0.3 is 20.1 Å². The van der Waals surface area contributed by atoms with Gasteiger partial charge in [0.15, 0.2) is 0 Å². The maximum absolute atomic E-state index is 13.1. The van der Waals surface area contributed by atoms with Crippen molar-refractivity contribution >= 4 is 29.7 Å². The second-order valence-corrected chi connectivity index (χ2v) is 9.98. The predicted octanol–water partition coefficient (Wildman–Crippen LogP) is 3.58. The summed E-state index contributed by atoms with van der Waals surface area (Å²) in [6.45, 7) is 4.46. The van der Waals surface area contributed by atoms with E-state index in [1.807, 2.05) is 38.1 Å². The van der Waals surface area contributed by atoms with Crippen molar-refractivity contribution in [3.63, 3.8) is 0 Å². The Balaban J connectivity index is 1.41. The van der Waals surface area contributed by atoms with E-state index in [1.165, 1.54) is 16.7 Å². The van der Waals surface area contributed by atoms with Crippen molar-refractivity contribution in [1.82, 2.24) is 10.2 Å². The summed E-state index contributed by atoms with van der Waals surface area (Å²) < 4.78 is 5.60. The monoisotopic (exact) mass is 468 g/mol. The normalized spacial score (nSPS) is 18.4. The number of amides is 2. The topological polar surface area (TPSA) is 95.9 Å². The number of nitrogens with one attached hydrogen (secondary N) is 1. The van der Waals surface area contributed by atoms with Crippen LogP contribution in [0.1, 0.15) is 30.9 Å². The van der Waals surface area contributed by atoms with Crippen LogP contribution in [0.5, 0.6) is 0 Å². The lowest BCUT2D eigenvalue weighted by Gasteiger charge is -2.34. The Morgan fingerprint density at radius 2 is 1.70 bits per heavy atom. The molecule has 0 saturated carbocycles. The fourth-order valence-electron chi connectivity index (χ4n) is 4.48. The van der Waals surface area contributed by atoms with E-state index in [9.17, 15) is 19.5 Å². The molecule has 8 heteroatoms. The Hall–Kier alpha value is -3.00. The fourth-order valence-corrected chi connectivity index (χ4v) is 5.51. The van der Waals surface area contributed by atoms with E-state index in [4.69, 9.17) is 4.74 Å². The SMILES string of the molecule is CC(C)[C@H](NC(=O)OCC1c2ccccc2-c2ccccc21)C(=O)N1CCSC(C(=O)O)C1. The van der Waals surface area contributed by atoms with E-state index in [2.05, 4.69) is 29.6 Å². The third-order valence-corrected chi connectivity index (χ3v) is 7.37. The number of carboxylic acids is 1. The minimum Gasteiger partial charge on any atom is -0.480 e. The first-order valence-corrected chi connectivity index (χ1v) is 12.2. The second-order valence-electron chi connectivity index (χ2n) is 8.67. The van der Waals surface area contributed by atoms with E-state index in [1.54, 1.807) is 0 Å². The highest BCUT2D eigenvalue weighted by atomic mass is 32.2. The van der Waals surface area contributed by atoms with Gasteiger partial charge in [-0.3, -0.25) is 9.59 Å². The number of aliphatic carboxylic acids is 1. The number of fused-ring (bicyclic) bond motifs is 3. The van der Waals surface area contributed by atoms with Gasteiger partial charge in [-0.05, 0) is 28.2 Å². The zero-order chi connectivity index (χ0) is 23.5. The van der Waals surface area contributed by atoms with E-state index in [-0.39, 0.29) is 30.9 Å². The largest absolute Gasteiger partial charge is 0.480 e. The molecule has 33 heavy (non-hydrogen) atoms. The quantitative estimate of drug-likeness (QED) is 0.673. The summed E-state index contributed by atoms with van der Waals surface area (Å²) in [7, 11) is 0. The summed E-state index contributed by atoms with van der Waals surface area (Å²) in [5.41, 5.74) is 4.53. The molecule has 2 N–H and O–H groups in total. The van der Waals surface area contributed by atoms with Crippen LogP contribution in [-0.2, 0) is 14.3 Å². The highest BCUT2D eigenvalue weighted by Gasteiger charge is 2.35. The van der Waals surface area contributed by atoms with E-state index >= 15 is 0 Å². The van der Waals surface area contributed by atoms with Gasteiger partial charge in [0.2, 0.25) is 5.91 Å². The summed E-state index contributed by atoms with van der Waals surface area (Å²) in [6, 6.07) is 15.4. The van der Waals surface area contributed by atoms with Crippen LogP contribution in [0.15, 0.2) is 48.5 Å². The lowest BCUT2D eigenvalue weighted by atomic mass is 9.98. The summed E-state index contributed by atoms with van der Waals surface area (Å²) in [5, 5.41) is 11.4. The summed E-state index contributed by atoms with van der Waals surface area (Å²) in [5.74, 6) is -0.880. The molecular weight excluding hydrogens is 440 g/mol. The maximum atomic E-state index is 13.1. The van der Waals surface area contributed by atoms with Crippen molar-refractivity contribution in [3.8, 4) is 11.1 Å². The van der Waals surface area contributed by atoms with Gasteiger partial charge in [-0.15, -0.1) is 11.8 Å². The van der Waals surface area contributed by atoms with Gasteiger partial charge in [-0.1, -0.05) is 62.4 Å². The molecule has 1 heterocycles. The average Bonchev–Trinajstić information content (AvgIpc) is 3.14. The molecule has 1 fully saturated rings. The molecule has 2 atom stereocenters. The first-order valence-electron chi connectivity index (χ1n) is 11.1. The molecule has 2 aromatic carbocycles. The van der Waals surface area contributed by atoms with Gasteiger partial charge in [-0.25, -0.2) is 4.79 Å². The molecule has 7 nitrogen and oxygen atoms in total. The number of hydrogen-bond donors (Lipinski definition) is 2. The summed E-state index contributed by atoms with van der Waals surface area (Å²) >= 11 is 1.33. The van der Waals surface area contributed by atoms with Crippen molar-refractivity contribution in [2.75, 3.05) is 25.4 Å². The van der Waals surface area contributed by atoms with Gasteiger partial charge in [0.05, 0.1) is 0 Å². The number of carbonyl (C=O) groups is 3. The molecule has 1 saturated heterocycles. The molecule has 1 aliphatic carbocycles. The number of carboxylic acid groups (broad SMARTS) is 1. The number of hydrogen-bond acceptors (Lipinski definition) is 5. The van der Waals surface area contributed by atoms with Gasteiger partial charge >= 0.3 is 12.1 Å². The smallest absolute Gasteiger partial charge is 0.407 e. The molecule has 0 radical (unpaired) electrons. The zero-order valence-corrected chi connectivity index (χ0v) is 19.5. The number of nitrogens with zero attached hydrogens (tertiary/aromatic N) is 1. The predicted molar refractivity (Wildman–Crippen MR) is 127 cm³/mol. The van der Waals surface area contributed by atoms with Gasteiger partial charge in [0.25, 0.3) is 0 Å². The standard InChI is InChI=1S/C25H28N2O5S/c1-15(2)22(23(28)27-11-12-33-21(13-27)24(29)30)26-25(31)32-14-20-18-9-5-3-7-16(18)17-8-4-6-10-19(17)20/h3-10,15,20-22H,11-14H2,1-2H3,(H,26,31)(H,29,30)/t21?,22-/m0/s1. The summed E-state index contributed by atoms with van der Waals surface area (Å²) in [4.78, 5) is 38.7. The maximum Gasteiger partial charge on any atom is 0.407 e. The van der Waals surface area contributed by atoms with Crippen molar-refractivity contribution in [3.05, 3.63) is 59.7 Å². The Morgan fingerprint density at radius 1 is 1.09 bits per heavy atom. The van der Waals surface area contributed by atoms with Gasteiger partial charge in [-0.2, -0.15) is 0 Å². The van der Waals surface area contributed by atoms with Crippen LogP contribution in [0.4, 0.5) is 4.79 Å². The number of benzene rings is 2. The van der Waals surface area contributed by atoms with Crippen LogP contribution in [0.2, 0.25) is 0 Å². The third kappa shape index (κ3) is 4.85. The lowest BCUT2D eigenvalue weighted by Crippen LogP contribution is -2.55. The van der Waals surface area contributed by atoms with Crippen LogP contribution < -0.4 is 5.32 Å².